The fourth-order valence-corrected chi connectivity index (χ4v) is 4.13. The van der Waals surface area contributed by atoms with E-state index in [1.165, 1.54) is 12.1 Å². The van der Waals surface area contributed by atoms with Crippen molar-refractivity contribution in [3.05, 3.63) is 48.0 Å². The van der Waals surface area contributed by atoms with E-state index in [4.69, 9.17) is 9.47 Å². The van der Waals surface area contributed by atoms with E-state index in [-0.39, 0.29) is 30.5 Å². The Morgan fingerprint density at radius 3 is 2.55 bits per heavy atom. The van der Waals surface area contributed by atoms with Gasteiger partial charge in [-0.05, 0) is 49.1 Å². The van der Waals surface area contributed by atoms with Crippen molar-refractivity contribution in [1.29, 1.82) is 0 Å². The fraction of sp³-hybridized carbons (Fsp3) is 0.522. The summed E-state index contributed by atoms with van der Waals surface area (Å²) in [4.78, 5) is 25.6. The summed E-state index contributed by atoms with van der Waals surface area (Å²) in [7, 11) is 0. The van der Waals surface area contributed by atoms with E-state index in [1.807, 2.05) is 17.3 Å². The number of hydrogen-bond acceptors (Lipinski definition) is 6. The molecule has 31 heavy (non-hydrogen) atoms. The van der Waals surface area contributed by atoms with Gasteiger partial charge in [0.1, 0.15) is 30.9 Å². The quantitative estimate of drug-likeness (QED) is 0.676. The molecule has 4 rings (SSSR count). The van der Waals surface area contributed by atoms with Crippen LogP contribution in [-0.4, -0.2) is 65.8 Å². The largest absolute Gasteiger partial charge is 0.491 e. The summed E-state index contributed by atoms with van der Waals surface area (Å²) in [6.07, 6.45) is 7.44. The van der Waals surface area contributed by atoms with Crippen LogP contribution in [0.25, 0.3) is 0 Å². The number of anilines is 1. The summed E-state index contributed by atoms with van der Waals surface area (Å²) in [6, 6.07) is 6.09. The zero-order chi connectivity index (χ0) is 21.6. The summed E-state index contributed by atoms with van der Waals surface area (Å²) in [6.45, 7) is 4.68. The highest BCUT2D eigenvalue weighted by molar-refractivity contribution is 5.78. The number of aromatic nitrogens is 2. The third-order valence-electron chi connectivity index (χ3n) is 5.83. The first-order valence-corrected chi connectivity index (χ1v) is 11.0. The average Bonchev–Trinajstić information content (AvgIpc) is 2.80. The maximum Gasteiger partial charge on any atom is 0.248 e. The molecule has 2 aromatic rings. The first kappa shape index (κ1) is 21.5. The van der Waals surface area contributed by atoms with Gasteiger partial charge in [0.15, 0.2) is 0 Å². The zero-order valence-electron chi connectivity index (χ0n) is 17.9. The Hall–Kier alpha value is -2.74. The number of benzene rings is 1. The monoisotopic (exact) mass is 428 g/mol. The number of morpholine rings is 1. The number of rotatable bonds is 7. The lowest BCUT2D eigenvalue weighted by Gasteiger charge is -2.42. The smallest absolute Gasteiger partial charge is 0.248 e. The van der Waals surface area contributed by atoms with Gasteiger partial charge < -0.3 is 19.3 Å². The van der Waals surface area contributed by atoms with Crippen molar-refractivity contribution in [2.75, 3.05) is 37.7 Å². The molecule has 1 atom stereocenters. The van der Waals surface area contributed by atoms with Gasteiger partial charge in [0.25, 0.3) is 0 Å². The van der Waals surface area contributed by atoms with E-state index in [2.05, 4.69) is 21.8 Å². The SMILES string of the molecule is CCCc1cnc(N2CCC(N3CC(COc4ccc(F)cc4)OCC3=O)CC2)nc1. The minimum atomic E-state index is -0.299. The summed E-state index contributed by atoms with van der Waals surface area (Å²) in [5.41, 5.74) is 1.16. The molecule has 166 valence electrons. The molecule has 2 saturated heterocycles. The Labute approximate surface area is 182 Å². The van der Waals surface area contributed by atoms with E-state index in [0.29, 0.717) is 18.9 Å². The van der Waals surface area contributed by atoms with E-state index >= 15 is 0 Å². The van der Waals surface area contributed by atoms with Gasteiger partial charge in [-0.1, -0.05) is 13.3 Å². The fourth-order valence-electron chi connectivity index (χ4n) is 4.13. The lowest BCUT2D eigenvalue weighted by Crippen LogP contribution is -2.55. The number of hydrogen-bond donors (Lipinski definition) is 0. The Balaban J connectivity index is 1.28. The maximum atomic E-state index is 13.0. The van der Waals surface area contributed by atoms with Gasteiger partial charge in [-0.2, -0.15) is 0 Å². The van der Waals surface area contributed by atoms with E-state index in [0.717, 1.165) is 50.3 Å². The number of aryl methyl sites for hydroxylation is 1. The molecule has 8 heteroatoms. The Morgan fingerprint density at radius 1 is 1.16 bits per heavy atom. The van der Waals surface area contributed by atoms with Crippen LogP contribution < -0.4 is 9.64 Å². The summed E-state index contributed by atoms with van der Waals surface area (Å²) >= 11 is 0. The zero-order valence-corrected chi connectivity index (χ0v) is 17.9. The first-order chi connectivity index (χ1) is 15.1. The van der Waals surface area contributed by atoms with Crippen molar-refractivity contribution >= 4 is 11.9 Å². The molecule has 2 aliphatic rings. The van der Waals surface area contributed by atoms with Crippen LogP contribution in [0.2, 0.25) is 0 Å². The molecule has 2 fully saturated rings. The van der Waals surface area contributed by atoms with E-state index in [1.54, 1.807) is 12.1 Å². The van der Waals surface area contributed by atoms with Gasteiger partial charge in [0.05, 0.1) is 6.54 Å². The summed E-state index contributed by atoms with van der Waals surface area (Å²) in [5.74, 6) is 1.08. The molecule has 0 spiro atoms. The standard InChI is InChI=1S/C23H29FN4O3/c1-2-3-17-12-25-23(26-13-17)27-10-8-19(9-11-27)28-14-21(31-16-22(28)29)15-30-20-6-4-18(24)5-7-20/h4-7,12-13,19,21H,2-3,8-11,14-16H2,1H3. The molecule has 1 aromatic heterocycles. The van der Waals surface area contributed by atoms with Crippen LogP contribution in [-0.2, 0) is 16.0 Å². The number of carbonyl (C=O) groups excluding carboxylic acids is 1. The average molecular weight is 429 g/mol. The Kier molecular flexibility index (Phi) is 6.96. The topological polar surface area (TPSA) is 67.8 Å². The Bertz CT molecular complexity index is 854. The number of halogens is 1. The van der Waals surface area contributed by atoms with Crippen molar-refractivity contribution in [1.82, 2.24) is 14.9 Å². The highest BCUT2D eigenvalue weighted by atomic mass is 19.1. The minimum Gasteiger partial charge on any atom is -0.491 e. The molecule has 2 aliphatic heterocycles. The van der Waals surface area contributed by atoms with Gasteiger partial charge >= 0.3 is 0 Å². The normalized spacial score (nSPS) is 20.2. The predicted octanol–water partition coefficient (Wildman–Crippen LogP) is 2.84. The van der Waals surface area contributed by atoms with Gasteiger partial charge in [-0.25, -0.2) is 14.4 Å². The van der Waals surface area contributed by atoms with Crippen LogP contribution in [0, 0.1) is 5.82 Å². The van der Waals surface area contributed by atoms with Gasteiger partial charge in [-0.3, -0.25) is 4.79 Å². The molecule has 3 heterocycles. The van der Waals surface area contributed by atoms with Crippen molar-refractivity contribution in [3.63, 3.8) is 0 Å². The lowest BCUT2D eigenvalue weighted by molar-refractivity contribution is -0.154. The van der Waals surface area contributed by atoms with E-state index < -0.39 is 0 Å². The second-order valence-corrected chi connectivity index (χ2v) is 8.10. The molecule has 0 saturated carbocycles. The molecule has 1 aromatic carbocycles. The maximum absolute atomic E-state index is 13.0. The van der Waals surface area contributed by atoms with Crippen LogP contribution in [0.5, 0.6) is 5.75 Å². The van der Waals surface area contributed by atoms with E-state index in [9.17, 15) is 9.18 Å². The second-order valence-electron chi connectivity index (χ2n) is 8.10. The van der Waals surface area contributed by atoms with Crippen LogP contribution in [0.4, 0.5) is 10.3 Å². The van der Waals surface area contributed by atoms with Gasteiger partial charge in [0.2, 0.25) is 11.9 Å². The highest BCUT2D eigenvalue weighted by Crippen LogP contribution is 2.23. The molecule has 7 nitrogen and oxygen atoms in total. The van der Waals surface area contributed by atoms with Crippen LogP contribution in [0.1, 0.15) is 31.7 Å². The van der Waals surface area contributed by atoms with Crippen molar-refractivity contribution < 1.29 is 18.7 Å². The molecular formula is C23H29FN4O3. The Morgan fingerprint density at radius 2 is 1.87 bits per heavy atom. The molecule has 1 unspecified atom stereocenters. The third-order valence-corrected chi connectivity index (χ3v) is 5.83. The molecular weight excluding hydrogens is 399 g/mol. The van der Waals surface area contributed by atoms with Crippen LogP contribution in [0.3, 0.4) is 0 Å². The molecule has 0 radical (unpaired) electrons. The minimum absolute atomic E-state index is 0.0247. The number of nitrogens with zero attached hydrogens (tertiary/aromatic N) is 4. The van der Waals surface area contributed by atoms with Gasteiger partial charge in [-0.15, -0.1) is 0 Å². The summed E-state index contributed by atoms with van der Waals surface area (Å²) < 4.78 is 24.4. The number of amides is 1. The first-order valence-electron chi connectivity index (χ1n) is 11.0. The summed E-state index contributed by atoms with van der Waals surface area (Å²) in [5, 5.41) is 0. The lowest BCUT2D eigenvalue weighted by atomic mass is 10.0. The van der Waals surface area contributed by atoms with Gasteiger partial charge in [0, 0.05) is 31.5 Å². The van der Waals surface area contributed by atoms with Crippen molar-refractivity contribution in [2.45, 2.75) is 44.8 Å². The van der Waals surface area contributed by atoms with Crippen LogP contribution in [0.15, 0.2) is 36.7 Å². The number of piperidine rings is 1. The molecule has 0 aliphatic carbocycles. The highest BCUT2D eigenvalue weighted by Gasteiger charge is 2.34. The molecule has 0 bridgehead atoms. The molecule has 0 N–H and O–H groups in total. The second kappa shape index (κ2) is 10.0. The third kappa shape index (κ3) is 5.50. The van der Waals surface area contributed by atoms with Crippen molar-refractivity contribution in [2.24, 2.45) is 0 Å². The molecule has 1 amide bonds. The van der Waals surface area contributed by atoms with Crippen LogP contribution >= 0.6 is 0 Å². The predicted molar refractivity (Wildman–Crippen MR) is 115 cm³/mol. The number of ether oxygens (including phenoxy) is 2. The number of carbonyl (C=O) groups is 1. The van der Waals surface area contributed by atoms with Crippen molar-refractivity contribution in [3.8, 4) is 5.75 Å².